The van der Waals surface area contributed by atoms with E-state index in [-0.39, 0.29) is 0 Å². The van der Waals surface area contributed by atoms with Crippen LogP contribution >= 0.6 is 11.8 Å². The third-order valence-corrected chi connectivity index (χ3v) is 1.18. The van der Waals surface area contributed by atoms with E-state index in [0.29, 0.717) is 5.16 Å². The Morgan fingerprint density at radius 3 is 3.11 bits per heavy atom. The van der Waals surface area contributed by atoms with Crippen molar-refractivity contribution in [1.29, 1.82) is 0 Å². The van der Waals surface area contributed by atoms with E-state index < -0.39 is 5.24 Å². The first kappa shape index (κ1) is 6.09. The summed E-state index contributed by atoms with van der Waals surface area (Å²) in [5.41, 5.74) is 4.82. The molecule has 0 saturated heterocycles. The van der Waals surface area contributed by atoms with Gasteiger partial charge in [0.15, 0.2) is 5.16 Å². The van der Waals surface area contributed by atoms with E-state index in [1.54, 1.807) is 0 Å². The molecule has 6 heteroatoms. The molecule has 0 radical (unpaired) electrons. The molecule has 48 valence electrons. The summed E-state index contributed by atoms with van der Waals surface area (Å²) in [6.45, 7) is 0. The van der Waals surface area contributed by atoms with Gasteiger partial charge in [0.2, 0.25) is 0 Å². The third-order valence-electron chi connectivity index (χ3n) is 0.590. The number of nitrogens with one attached hydrogen (secondary N) is 1. The second-order valence-corrected chi connectivity index (χ2v) is 2.20. The molecule has 1 aromatic heterocycles. The van der Waals surface area contributed by atoms with Gasteiger partial charge in [-0.05, 0) is 0 Å². The monoisotopic (exact) mass is 144 g/mol. The van der Waals surface area contributed by atoms with Crippen LogP contribution in [0.25, 0.3) is 0 Å². The Balaban J connectivity index is 2.58. The Morgan fingerprint density at radius 1 is 1.89 bits per heavy atom. The lowest BCUT2D eigenvalue weighted by Gasteiger charge is -1.84. The van der Waals surface area contributed by atoms with E-state index in [0.717, 1.165) is 11.8 Å². The van der Waals surface area contributed by atoms with Crippen LogP contribution in [0.1, 0.15) is 0 Å². The molecule has 1 heterocycles. The number of aromatic nitrogens is 3. The molecule has 0 aliphatic heterocycles. The Labute approximate surface area is 55.0 Å². The number of carbonyl (C=O) groups excluding carboxylic acids is 1. The summed E-state index contributed by atoms with van der Waals surface area (Å²) in [6, 6.07) is 0. The van der Waals surface area contributed by atoms with Crippen LogP contribution in [0.3, 0.4) is 0 Å². The molecule has 1 rings (SSSR count). The van der Waals surface area contributed by atoms with Crippen molar-refractivity contribution < 1.29 is 4.79 Å². The zero-order valence-corrected chi connectivity index (χ0v) is 5.18. The zero-order chi connectivity index (χ0) is 6.69. The molecule has 0 aromatic carbocycles. The van der Waals surface area contributed by atoms with E-state index >= 15 is 0 Å². The maximum Gasteiger partial charge on any atom is 0.284 e. The second-order valence-electron chi connectivity index (χ2n) is 1.21. The number of hydrogen-bond donors (Lipinski definition) is 2. The van der Waals surface area contributed by atoms with Crippen LogP contribution < -0.4 is 5.73 Å². The summed E-state index contributed by atoms with van der Waals surface area (Å²) >= 11 is 0.815. The number of nitrogens with two attached hydrogens (primary N) is 1. The van der Waals surface area contributed by atoms with Crippen molar-refractivity contribution in [2.45, 2.75) is 5.16 Å². The summed E-state index contributed by atoms with van der Waals surface area (Å²) in [6.07, 6.45) is 1.31. The van der Waals surface area contributed by atoms with Gasteiger partial charge in [0, 0.05) is 11.8 Å². The summed E-state index contributed by atoms with van der Waals surface area (Å²) < 4.78 is 0. The van der Waals surface area contributed by atoms with Gasteiger partial charge in [-0.2, -0.15) is 5.10 Å². The van der Waals surface area contributed by atoms with Crippen LogP contribution in [0.2, 0.25) is 0 Å². The van der Waals surface area contributed by atoms with Crippen LogP contribution in [0.4, 0.5) is 4.79 Å². The first-order valence-corrected chi connectivity index (χ1v) is 2.93. The van der Waals surface area contributed by atoms with Gasteiger partial charge in [-0.3, -0.25) is 9.89 Å². The van der Waals surface area contributed by atoms with Crippen LogP contribution in [0.5, 0.6) is 0 Å². The molecular formula is C3H4N4OS. The SMILES string of the molecule is NC(=O)Sc1ncn[nH]1. The molecule has 0 atom stereocenters. The lowest BCUT2D eigenvalue weighted by Crippen LogP contribution is -2.01. The minimum absolute atomic E-state index is 0.419. The molecule has 0 unspecified atom stereocenters. The van der Waals surface area contributed by atoms with Crippen molar-refractivity contribution in [3.8, 4) is 0 Å². The van der Waals surface area contributed by atoms with Crippen molar-refractivity contribution in [2.75, 3.05) is 0 Å². The topological polar surface area (TPSA) is 84.7 Å². The van der Waals surface area contributed by atoms with E-state index in [9.17, 15) is 4.79 Å². The first-order chi connectivity index (χ1) is 4.29. The number of thioether (sulfide) groups is 1. The van der Waals surface area contributed by atoms with Crippen LogP contribution in [0.15, 0.2) is 11.5 Å². The highest BCUT2D eigenvalue weighted by atomic mass is 32.2. The van der Waals surface area contributed by atoms with Gasteiger partial charge in [0.1, 0.15) is 6.33 Å². The van der Waals surface area contributed by atoms with Gasteiger partial charge in [-0.1, -0.05) is 0 Å². The molecule has 0 aliphatic rings. The predicted octanol–water partition coefficient (Wildman–Crippen LogP) is -0.0245. The first-order valence-electron chi connectivity index (χ1n) is 2.11. The van der Waals surface area contributed by atoms with Gasteiger partial charge >= 0.3 is 0 Å². The number of rotatable bonds is 1. The second kappa shape index (κ2) is 2.49. The summed E-state index contributed by atoms with van der Waals surface area (Å²) in [4.78, 5) is 13.8. The molecular weight excluding hydrogens is 140 g/mol. The van der Waals surface area contributed by atoms with Crippen molar-refractivity contribution in [1.82, 2.24) is 15.2 Å². The molecule has 9 heavy (non-hydrogen) atoms. The van der Waals surface area contributed by atoms with Crippen molar-refractivity contribution >= 4 is 17.0 Å². The number of amides is 1. The van der Waals surface area contributed by atoms with Crippen molar-refractivity contribution in [3.63, 3.8) is 0 Å². The standard InChI is InChI=1S/C3H4N4OS/c4-2(8)9-3-5-1-6-7-3/h1H,(H2,4,8)(H,5,6,7). The van der Waals surface area contributed by atoms with Gasteiger partial charge in [0.25, 0.3) is 5.24 Å². The maximum absolute atomic E-state index is 10.2. The highest BCUT2D eigenvalue weighted by Crippen LogP contribution is 2.08. The summed E-state index contributed by atoms with van der Waals surface area (Å²) in [5.74, 6) is 0. The van der Waals surface area contributed by atoms with Crippen LogP contribution in [-0.2, 0) is 0 Å². The fraction of sp³-hybridized carbons (Fsp3) is 0. The fourth-order valence-electron chi connectivity index (χ4n) is 0.339. The lowest BCUT2D eigenvalue weighted by atomic mass is 11.3. The number of H-pyrrole nitrogens is 1. The number of primary amides is 1. The molecule has 5 nitrogen and oxygen atoms in total. The maximum atomic E-state index is 10.2. The highest BCUT2D eigenvalue weighted by molar-refractivity contribution is 8.13. The molecule has 0 aliphatic carbocycles. The van der Waals surface area contributed by atoms with Crippen molar-refractivity contribution in [2.24, 2.45) is 5.73 Å². The quantitative estimate of drug-likeness (QED) is 0.542. The molecule has 0 fully saturated rings. The number of hydrogen-bond acceptors (Lipinski definition) is 4. The van der Waals surface area contributed by atoms with Gasteiger partial charge in [-0.15, -0.1) is 0 Å². The molecule has 1 aromatic rings. The van der Waals surface area contributed by atoms with E-state index in [2.05, 4.69) is 15.2 Å². The van der Waals surface area contributed by atoms with Crippen LogP contribution in [-0.4, -0.2) is 20.4 Å². The van der Waals surface area contributed by atoms with Crippen LogP contribution in [0, 0.1) is 0 Å². The van der Waals surface area contributed by atoms with E-state index in [4.69, 9.17) is 5.73 Å². The van der Waals surface area contributed by atoms with Gasteiger partial charge < -0.3 is 5.73 Å². The summed E-state index contributed by atoms with van der Waals surface area (Å²) in [5, 5.41) is 5.91. The minimum atomic E-state index is -0.494. The van der Waals surface area contributed by atoms with E-state index in [1.165, 1.54) is 6.33 Å². The number of carbonyl (C=O) groups is 1. The predicted molar refractivity (Wildman–Crippen MR) is 31.8 cm³/mol. The molecule has 3 N–H and O–H groups in total. The number of aromatic amines is 1. The Hall–Kier alpha value is -1.04. The smallest absolute Gasteiger partial charge is 0.284 e. The van der Waals surface area contributed by atoms with Gasteiger partial charge in [0.05, 0.1) is 0 Å². The lowest BCUT2D eigenvalue weighted by molar-refractivity contribution is 0.267. The van der Waals surface area contributed by atoms with Gasteiger partial charge in [-0.25, -0.2) is 4.98 Å². The van der Waals surface area contributed by atoms with E-state index in [1.807, 2.05) is 0 Å². The minimum Gasteiger partial charge on any atom is -0.360 e. The Kier molecular flexibility index (Phi) is 1.69. The highest BCUT2D eigenvalue weighted by Gasteiger charge is 1.99. The average molecular weight is 144 g/mol. The Bertz CT molecular complexity index is 196. The molecule has 0 spiro atoms. The fourth-order valence-corrected chi connectivity index (χ4v) is 0.727. The molecule has 0 bridgehead atoms. The molecule has 0 saturated carbocycles. The Morgan fingerprint density at radius 2 is 2.67 bits per heavy atom. The zero-order valence-electron chi connectivity index (χ0n) is 4.37. The number of nitrogens with zero attached hydrogens (tertiary/aromatic N) is 2. The largest absolute Gasteiger partial charge is 0.360 e. The summed E-state index contributed by atoms with van der Waals surface area (Å²) in [7, 11) is 0. The molecule has 1 amide bonds. The normalized spacial score (nSPS) is 9.33. The van der Waals surface area contributed by atoms with Crippen molar-refractivity contribution in [3.05, 3.63) is 6.33 Å². The third kappa shape index (κ3) is 1.73. The average Bonchev–Trinajstić information content (AvgIpc) is 2.15.